The molecule has 2 atom stereocenters. The Morgan fingerprint density at radius 2 is 1.48 bits per heavy atom. The zero-order chi connectivity index (χ0) is 17.3. The second kappa shape index (κ2) is 16.5. The molecule has 3 nitrogen and oxygen atoms in total. The maximum atomic E-state index is 11.0. The van der Waals surface area contributed by atoms with E-state index in [1.165, 1.54) is 77.4 Å². The van der Waals surface area contributed by atoms with Gasteiger partial charge in [0.15, 0.2) is 0 Å². The third-order valence-electron chi connectivity index (χ3n) is 4.09. The number of ether oxygens (including phenoxy) is 1. The van der Waals surface area contributed by atoms with Gasteiger partial charge in [-0.15, -0.1) is 0 Å². The molecule has 0 bridgehead atoms. The zero-order valence-corrected chi connectivity index (χ0v) is 16.5. The number of aliphatic hydroxyl groups excluding tert-OH is 1. The molecular weight excluding hydrogens is 356 g/mol. The van der Waals surface area contributed by atoms with Gasteiger partial charge in [-0.2, -0.15) is 0 Å². The fraction of sp³-hybridized carbons (Fsp3) is 0.842. The van der Waals surface area contributed by atoms with E-state index in [0.29, 0.717) is 0 Å². The van der Waals surface area contributed by atoms with E-state index in [0.717, 1.165) is 12.8 Å². The molecule has 1 N–H and O–H groups in total. The second-order valence-electron chi connectivity index (χ2n) is 6.22. The number of hydrogen-bond donors (Lipinski definition) is 1. The molecule has 0 amide bonds. The van der Waals surface area contributed by atoms with Crippen LogP contribution in [0.5, 0.6) is 0 Å². The smallest absolute Gasteiger partial charge is 0.330 e. The first-order valence-electron chi connectivity index (χ1n) is 9.20. The molecule has 0 heterocycles. The quantitative estimate of drug-likeness (QED) is 0.173. The normalized spacial score (nSPS) is 14.1. The van der Waals surface area contributed by atoms with Crippen molar-refractivity contribution < 1.29 is 14.6 Å². The summed E-state index contributed by atoms with van der Waals surface area (Å²) in [5.41, 5.74) is 0. The van der Waals surface area contributed by atoms with Crippen LogP contribution in [0.15, 0.2) is 12.2 Å². The number of hydrogen-bond acceptors (Lipinski definition) is 3. The number of esters is 1. The van der Waals surface area contributed by atoms with E-state index in [-0.39, 0.29) is 4.83 Å². The summed E-state index contributed by atoms with van der Waals surface area (Å²) in [6.07, 6.45) is 17.7. The standard InChI is InChI=1S/C19H35BrO3/c1-3-4-5-6-7-8-9-10-11-12-13-14-18(21)17(20)15-16-19(22)23-2/h15-18,21H,3-14H2,1-2H3/b16-15+/t17-,18-/m1/s1. The molecule has 0 rings (SSSR count). The molecule has 136 valence electrons. The molecule has 0 spiro atoms. The molecule has 0 radical (unpaired) electrons. The summed E-state index contributed by atoms with van der Waals surface area (Å²) in [7, 11) is 1.34. The minimum atomic E-state index is -0.450. The van der Waals surface area contributed by atoms with Crippen LogP contribution in [-0.4, -0.2) is 29.1 Å². The molecule has 0 fully saturated rings. The first-order valence-corrected chi connectivity index (χ1v) is 10.1. The van der Waals surface area contributed by atoms with E-state index in [1.807, 2.05) is 0 Å². The fourth-order valence-corrected chi connectivity index (χ4v) is 2.96. The molecule has 0 unspecified atom stereocenters. The lowest BCUT2D eigenvalue weighted by Gasteiger charge is -2.13. The number of halogens is 1. The largest absolute Gasteiger partial charge is 0.466 e. The van der Waals surface area contributed by atoms with Crippen molar-refractivity contribution in [3.63, 3.8) is 0 Å². The van der Waals surface area contributed by atoms with Gasteiger partial charge in [0.1, 0.15) is 0 Å². The number of rotatable bonds is 15. The fourth-order valence-electron chi connectivity index (χ4n) is 2.54. The van der Waals surface area contributed by atoms with Crippen molar-refractivity contribution >= 4 is 21.9 Å². The van der Waals surface area contributed by atoms with Crippen molar-refractivity contribution in [2.45, 2.75) is 94.9 Å². The Balaban J connectivity index is 3.43. The maximum Gasteiger partial charge on any atom is 0.330 e. The van der Waals surface area contributed by atoms with Crippen LogP contribution >= 0.6 is 15.9 Å². The van der Waals surface area contributed by atoms with Gasteiger partial charge in [0.25, 0.3) is 0 Å². The molecule has 0 aromatic carbocycles. The average Bonchev–Trinajstić information content (AvgIpc) is 2.56. The number of carbonyl (C=O) groups excluding carboxylic acids is 1. The first-order chi connectivity index (χ1) is 11.1. The Bertz CT molecular complexity index is 305. The minimum absolute atomic E-state index is 0.190. The van der Waals surface area contributed by atoms with Crippen molar-refractivity contribution in [3.05, 3.63) is 12.2 Å². The second-order valence-corrected chi connectivity index (χ2v) is 7.28. The average molecular weight is 391 g/mol. The molecule has 0 aliphatic rings. The van der Waals surface area contributed by atoms with Crippen molar-refractivity contribution in [2.75, 3.05) is 7.11 Å². The number of methoxy groups -OCH3 is 1. The Labute approximate surface area is 151 Å². The molecule has 0 saturated carbocycles. The Kier molecular flexibility index (Phi) is 16.3. The van der Waals surface area contributed by atoms with Gasteiger partial charge in [0.05, 0.1) is 18.0 Å². The summed E-state index contributed by atoms with van der Waals surface area (Å²) in [5.74, 6) is -0.392. The van der Waals surface area contributed by atoms with Crippen LogP contribution in [-0.2, 0) is 9.53 Å². The summed E-state index contributed by atoms with van der Waals surface area (Å²) in [6, 6.07) is 0. The highest BCUT2D eigenvalue weighted by molar-refractivity contribution is 9.09. The molecule has 4 heteroatoms. The number of carbonyl (C=O) groups is 1. The first kappa shape index (κ1) is 22.6. The van der Waals surface area contributed by atoms with Crippen molar-refractivity contribution in [1.29, 1.82) is 0 Å². The van der Waals surface area contributed by atoms with Crippen LogP contribution in [0.2, 0.25) is 0 Å². The molecule has 0 saturated heterocycles. The predicted octanol–water partition coefficient (Wildman–Crippen LogP) is 5.54. The lowest BCUT2D eigenvalue weighted by atomic mass is 10.0. The van der Waals surface area contributed by atoms with Crippen LogP contribution in [0.1, 0.15) is 84.0 Å². The number of aliphatic hydroxyl groups is 1. The van der Waals surface area contributed by atoms with E-state index >= 15 is 0 Å². The van der Waals surface area contributed by atoms with Gasteiger partial charge >= 0.3 is 5.97 Å². The van der Waals surface area contributed by atoms with Crippen molar-refractivity contribution in [2.24, 2.45) is 0 Å². The molecular formula is C19H35BrO3. The summed E-state index contributed by atoms with van der Waals surface area (Å²) in [6.45, 7) is 2.25. The van der Waals surface area contributed by atoms with E-state index in [9.17, 15) is 9.90 Å². The van der Waals surface area contributed by atoms with E-state index < -0.39 is 12.1 Å². The van der Waals surface area contributed by atoms with Crippen molar-refractivity contribution in [3.8, 4) is 0 Å². The monoisotopic (exact) mass is 390 g/mol. The Morgan fingerprint density at radius 3 is 1.96 bits per heavy atom. The van der Waals surface area contributed by atoms with Crippen LogP contribution in [0, 0.1) is 0 Å². The van der Waals surface area contributed by atoms with Gasteiger partial charge in [-0.25, -0.2) is 4.79 Å². The van der Waals surface area contributed by atoms with Gasteiger partial charge in [-0.1, -0.05) is 99.6 Å². The van der Waals surface area contributed by atoms with Gasteiger partial charge < -0.3 is 9.84 Å². The summed E-state index contributed by atoms with van der Waals surface area (Å²) in [4.78, 5) is 10.8. The van der Waals surface area contributed by atoms with Gasteiger partial charge in [0.2, 0.25) is 0 Å². The topological polar surface area (TPSA) is 46.5 Å². The van der Waals surface area contributed by atoms with Gasteiger partial charge in [-0.3, -0.25) is 0 Å². The van der Waals surface area contributed by atoms with Gasteiger partial charge in [0, 0.05) is 6.08 Å². The van der Waals surface area contributed by atoms with Crippen LogP contribution in [0.3, 0.4) is 0 Å². The Hall–Kier alpha value is -0.350. The van der Waals surface area contributed by atoms with Crippen LogP contribution in [0.4, 0.5) is 0 Å². The molecule has 0 aromatic heterocycles. The van der Waals surface area contributed by atoms with Gasteiger partial charge in [-0.05, 0) is 6.42 Å². The lowest BCUT2D eigenvalue weighted by molar-refractivity contribution is -0.134. The molecule has 0 aromatic rings. The summed E-state index contributed by atoms with van der Waals surface area (Å²) < 4.78 is 4.52. The summed E-state index contributed by atoms with van der Waals surface area (Å²) >= 11 is 3.39. The number of alkyl halides is 1. The lowest BCUT2D eigenvalue weighted by Crippen LogP contribution is -2.18. The van der Waals surface area contributed by atoms with Crippen LogP contribution in [0.25, 0.3) is 0 Å². The van der Waals surface area contributed by atoms with E-state index in [2.05, 4.69) is 27.6 Å². The Morgan fingerprint density at radius 1 is 1.00 bits per heavy atom. The highest BCUT2D eigenvalue weighted by Gasteiger charge is 2.12. The maximum absolute atomic E-state index is 11.0. The SMILES string of the molecule is CCCCCCCCCCCCC[C@@H](O)[C@H](Br)/C=C/C(=O)OC. The third-order valence-corrected chi connectivity index (χ3v) is 5.00. The highest BCUT2D eigenvalue weighted by atomic mass is 79.9. The summed E-state index contributed by atoms with van der Waals surface area (Å²) in [5, 5.41) is 10.00. The molecule has 23 heavy (non-hydrogen) atoms. The van der Waals surface area contributed by atoms with Crippen molar-refractivity contribution in [1.82, 2.24) is 0 Å². The third kappa shape index (κ3) is 14.9. The predicted molar refractivity (Wildman–Crippen MR) is 101 cm³/mol. The molecule has 0 aliphatic carbocycles. The highest BCUT2D eigenvalue weighted by Crippen LogP contribution is 2.16. The van der Waals surface area contributed by atoms with E-state index in [4.69, 9.17) is 0 Å². The van der Waals surface area contributed by atoms with Crippen LogP contribution < -0.4 is 0 Å². The zero-order valence-electron chi connectivity index (χ0n) is 14.9. The molecule has 0 aliphatic heterocycles. The number of unbranched alkanes of at least 4 members (excludes halogenated alkanes) is 10. The minimum Gasteiger partial charge on any atom is -0.466 e. The van der Waals surface area contributed by atoms with E-state index in [1.54, 1.807) is 6.08 Å².